The lowest BCUT2D eigenvalue weighted by Crippen LogP contribution is -2.03. The molecule has 134 valence electrons. The summed E-state index contributed by atoms with van der Waals surface area (Å²) in [6, 6.07) is 14.5. The molecule has 0 heterocycles. The van der Waals surface area contributed by atoms with Crippen LogP contribution in [0.25, 0.3) is 10.8 Å². The van der Waals surface area contributed by atoms with E-state index in [0.29, 0.717) is 32.7 Å². The molecule has 0 aliphatic heterocycles. The minimum absolute atomic E-state index is 0.183. The fourth-order valence-electron chi connectivity index (χ4n) is 2.71. The number of carbonyl (C=O) groups is 1. The van der Waals surface area contributed by atoms with Crippen molar-refractivity contribution in [1.29, 1.82) is 0 Å². The van der Waals surface area contributed by atoms with Crippen LogP contribution in [0.4, 0.5) is 4.39 Å². The molecule has 3 rings (SSSR count). The average molecular weight is 372 g/mol. The number of aliphatic carboxylic acids is 1. The van der Waals surface area contributed by atoms with Crippen molar-refractivity contribution in [3.05, 3.63) is 66.0 Å². The number of halogens is 1. The molecular formula is C20H17FO4S. The molecule has 0 fully saturated rings. The topological polar surface area (TPSA) is 69.6 Å². The van der Waals surface area contributed by atoms with Gasteiger partial charge in [0.25, 0.3) is 0 Å². The molecule has 6 heteroatoms. The van der Waals surface area contributed by atoms with E-state index in [4.69, 9.17) is 9.84 Å². The molecule has 0 radical (unpaired) electrons. The van der Waals surface area contributed by atoms with Gasteiger partial charge in [0.05, 0.1) is 11.8 Å². The SMILES string of the molecule is CC[S+]([O-])c1ccc(Oc2cc(CC(=O)O)cc3cccc(F)c23)cc1. The van der Waals surface area contributed by atoms with E-state index in [1.807, 2.05) is 6.92 Å². The predicted octanol–water partition coefficient (Wildman–Crippen LogP) is 4.53. The first kappa shape index (κ1) is 18.2. The number of fused-ring (bicyclic) bond motifs is 1. The molecule has 0 spiro atoms. The third-order valence-electron chi connectivity index (χ3n) is 3.88. The van der Waals surface area contributed by atoms with Crippen LogP contribution in [0.3, 0.4) is 0 Å². The van der Waals surface area contributed by atoms with Gasteiger partial charge in [0.2, 0.25) is 0 Å². The van der Waals surface area contributed by atoms with Crippen LogP contribution < -0.4 is 4.74 Å². The fraction of sp³-hybridized carbons (Fsp3) is 0.150. The first-order valence-electron chi connectivity index (χ1n) is 8.07. The Balaban J connectivity index is 2.01. The highest BCUT2D eigenvalue weighted by molar-refractivity contribution is 7.91. The van der Waals surface area contributed by atoms with Gasteiger partial charge in [-0.3, -0.25) is 4.79 Å². The summed E-state index contributed by atoms with van der Waals surface area (Å²) < 4.78 is 32.0. The summed E-state index contributed by atoms with van der Waals surface area (Å²) in [7, 11) is 0. The van der Waals surface area contributed by atoms with Gasteiger partial charge in [0.15, 0.2) is 4.90 Å². The zero-order chi connectivity index (χ0) is 18.7. The third kappa shape index (κ3) is 3.98. The minimum atomic E-state index is -1.06. The zero-order valence-corrected chi connectivity index (χ0v) is 14.9. The van der Waals surface area contributed by atoms with Gasteiger partial charge in [-0.05, 0) is 65.4 Å². The van der Waals surface area contributed by atoms with Crippen LogP contribution in [0.15, 0.2) is 59.5 Å². The van der Waals surface area contributed by atoms with E-state index in [2.05, 4.69) is 0 Å². The summed E-state index contributed by atoms with van der Waals surface area (Å²) in [5.74, 6) is -0.186. The van der Waals surface area contributed by atoms with E-state index in [1.54, 1.807) is 42.5 Å². The van der Waals surface area contributed by atoms with Crippen LogP contribution in [-0.4, -0.2) is 21.4 Å². The Labute approximate surface area is 153 Å². The summed E-state index contributed by atoms with van der Waals surface area (Å²) >= 11 is -1.06. The third-order valence-corrected chi connectivity index (χ3v) is 5.20. The van der Waals surface area contributed by atoms with E-state index in [9.17, 15) is 13.7 Å². The maximum atomic E-state index is 14.3. The van der Waals surface area contributed by atoms with Gasteiger partial charge in [-0.15, -0.1) is 0 Å². The predicted molar refractivity (Wildman–Crippen MR) is 98.7 cm³/mol. The van der Waals surface area contributed by atoms with Gasteiger partial charge in [-0.1, -0.05) is 18.2 Å². The Bertz CT molecular complexity index is 940. The lowest BCUT2D eigenvalue weighted by Gasteiger charge is -2.13. The molecule has 0 aliphatic rings. The number of hydrogen-bond acceptors (Lipinski definition) is 3. The number of benzene rings is 3. The highest BCUT2D eigenvalue weighted by Gasteiger charge is 2.13. The second-order valence-electron chi connectivity index (χ2n) is 5.71. The average Bonchev–Trinajstić information content (AvgIpc) is 2.61. The van der Waals surface area contributed by atoms with Crippen LogP contribution >= 0.6 is 0 Å². The number of carboxylic acid groups (broad SMARTS) is 1. The standard InChI is InChI=1S/C20H17FO4S/c1-2-26(24)16-8-6-15(7-9-16)25-18-11-13(12-19(22)23)10-14-4-3-5-17(21)20(14)18/h3-11H,2,12H2,1H3,(H,22,23). The highest BCUT2D eigenvalue weighted by Crippen LogP contribution is 2.34. The molecule has 4 nitrogen and oxygen atoms in total. The van der Waals surface area contributed by atoms with E-state index < -0.39 is 23.0 Å². The molecule has 3 aromatic rings. The quantitative estimate of drug-likeness (QED) is 0.646. The second kappa shape index (κ2) is 7.76. The molecule has 1 atom stereocenters. The molecule has 3 aromatic carbocycles. The van der Waals surface area contributed by atoms with Crippen LogP contribution in [0, 0.1) is 5.82 Å². The van der Waals surface area contributed by atoms with Crippen molar-refractivity contribution in [2.45, 2.75) is 18.2 Å². The zero-order valence-electron chi connectivity index (χ0n) is 14.1. The number of rotatable bonds is 6. The maximum absolute atomic E-state index is 14.3. The van der Waals surface area contributed by atoms with Crippen molar-refractivity contribution in [2.75, 3.05) is 5.75 Å². The van der Waals surface area contributed by atoms with Gasteiger partial charge in [-0.2, -0.15) is 0 Å². The number of hydrogen-bond donors (Lipinski definition) is 1. The smallest absolute Gasteiger partial charge is 0.307 e. The van der Waals surface area contributed by atoms with E-state index in [-0.39, 0.29) is 12.2 Å². The van der Waals surface area contributed by atoms with Crippen molar-refractivity contribution < 1.29 is 23.6 Å². The summed E-state index contributed by atoms with van der Waals surface area (Å²) in [6.07, 6.45) is -0.183. The van der Waals surface area contributed by atoms with Crippen molar-refractivity contribution in [2.24, 2.45) is 0 Å². The van der Waals surface area contributed by atoms with E-state index in [1.165, 1.54) is 12.1 Å². The lowest BCUT2D eigenvalue weighted by atomic mass is 10.0. The molecular weight excluding hydrogens is 355 g/mol. The van der Waals surface area contributed by atoms with Crippen LogP contribution in [0.5, 0.6) is 11.5 Å². The summed E-state index contributed by atoms with van der Waals surface area (Å²) in [5.41, 5.74) is 0.523. The number of ether oxygens (including phenoxy) is 1. The van der Waals surface area contributed by atoms with Crippen LogP contribution in [0.2, 0.25) is 0 Å². The minimum Gasteiger partial charge on any atom is -0.611 e. The Hall–Kier alpha value is -2.57. The van der Waals surface area contributed by atoms with Crippen molar-refractivity contribution >= 4 is 27.9 Å². The molecule has 0 saturated carbocycles. The molecule has 0 amide bonds. The Kier molecular flexibility index (Phi) is 5.44. The highest BCUT2D eigenvalue weighted by atomic mass is 32.2. The second-order valence-corrected chi connectivity index (χ2v) is 7.45. The molecule has 0 saturated heterocycles. The monoisotopic (exact) mass is 372 g/mol. The van der Waals surface area contributed by atoms with Gasteiger partial charge in [-0.25, -0.2) is 4.39 Å². The van der Waals surface area contributed by atoms with Crippen LogP contribution in [-0.2, 0) is 22.4 Å². The molecule has 0 bridgehead atoms. The largest absolute Gasteiger partial charge is 0.611 e. The first-order chi connectivity index (χ1) is 12.5. The normalized spacial score (nSPS) is 12.1. The summed E-state index contributed by atoms with van der Waals surface area (Å²) in [5, 5.41) is 9.90. The lowest BCUT2D eigenvalue weighted by molar-refractivity contribution is -0.136. The summed E-state index contributed by atoms with van der Waals surface area (Å²) in [6.45, 7) is 1.84. The van der Waals surface area contributed by atoms with Gasteiger partial charge < -0.3 is 14.4 Å². The van der Waals surface area contributed by atoms with Crippen molar-refractivity contribution in [3.63, 3.8) is 0 Å². The fourth-order valence-corrected chi connectivity index (χ4v) is 3.49. The Morgan fingerprint density at radius 2 is 1.92 bits per heavy atom. The van der Waals surface area contributed by atoms with Gasteiger partial charge >= 0.3 is 5.97 Å². The van der Waals surface area contributed by atoms with E-state index >= 15 is 0 Å². The maximum Gasteiger partial charge on any atom is 0.307 e. The van der Waals surface area contributed by atoms with E-state index in [0.717, 1.165) is 0 Å². The van der Waals surface area contributed by atoms with Gasteiger partial charge in [0, 0.05) is 0 Å². The van der Waals surface area contributed by atoms with Crippen molar-refractivity contribution in [3.8, 4) is 11.5 Å². The Morgan fingerprint density at radius 3 is 2.58 bits per heavy atom. The molecule has 1 N–H and O–H groups in total. The molecule has 0 aliphatic carbocycles. The number of carboxylic acids is 1. The molecule has 26 heavy (non-hydrogen) atoms. The van der Waals surface area contributed by atoms with Gasteiger partial charge in [0.1, 0.15) is 23.1 Å². The molecule has 1 unspecified atom stereocenters. The summed E-state index contributed by atoms with van der Waals surface area (Å²) in [4.78, 5) is 11.7. The van der Waals surface area contributed by atoms with Crippen LogP contribution in [0.1, 0.15) is 12.5 Å². The Morgan fingerprint density at radius 1 is 1.19 bits per heavy atom. The van der Waals surface area contributed by atoms with Crippen molar-refractivity contribution in [1.82, 2.24) is 0 Å². The first-order valence-corrected chi connectivity index (χ1v) is 9.39. The molecule has 0 aromatic heterocycles.